The van der Waals surface area contributed by atoms with Crippen molar-refractivity contribution in [2.45, 2.75) is 19.8 Å². The highest BCUT2D eigenvalue weighted by atomic mass is 16.6. The Balaban J connectivity index is 2.34. The molecule has 0 aromatic heterocycles. The van der Waals surface area contributed by atoms with Gasteiger partial charge in [-0.2, -0.15) is 0 Å². The lowest BCUT2D eigenvalue weighted by Crippen LogP contribution is -2.41. The number of ether oxygens (including phenoxy) is 2. The van der Waals surface area contributed by atoms with E-state index in [9.17, 15) is 9.59 Å². The zero-order chi connectivity index (χ0) is 20.2. The van der Waals surface area contributed by atoms with Crippen LogP contribution < -0.4 is 0 Å². The van der Waals surface area contributed by atoms with E-state index in [0.717, 1.165) is 11.1 Å². The largest absolute Gasteiger partial charge is 0.468 e. The van der Waals surface area contributed by atoms with E-state index in [0.29, 0.717) is 0 Å². The minimum absolute atomic E-state index is 0.0448. The zero-order valence-corrected chi connectivity index (χ0v) is 16.0. The maximum absolute atomic E-state index is 12.7. The van der Waals surface area contributed by atoms with Crippen LogP contribution in [-0.4, -0.2) is 25.7 Å². The molecule has 2 aromatic carbocycles. The molecule has 4 nitrogen and oxygen atoms in total. The van der Waals surface area contributed by atoms with E-state index < -0.39 is 17.4 Å². The second-order valence-corrected chi connectivity index (χ2v) is 5.98. The van der Waals surface area contributed by atoms with E-state index in [2.05, 4.69) is 23.7 Å². The molecule has 0 fully saturated rings. The minimum Gasteiger partial charge on any atom is -0.468 e. The molecule has 0 saturated heterocycles. The molecule has 0 aliphatic carbocycles. The number of carbonyl (C=O) groups excluding carboxylic acids is 2. The van der Waals surface area contributed by atoms with Gasteiger partial charge in [0.05, 0.1) is 13.7 Å². The van der Waals surface area contributed by atoms with Crippen LogP contribution in [0.5, 0.6) is 0 Å². The molecule has 0 saturated carbocycles. The van der Waals surface area contributed by atoms with Crippen LogP contribution in [0.1, 0.15) is 30.9 Å². The molecule has 0 aliphatic rings. The van der Waals surface area contributed by atoms with Crippen molar-refractivity contribution >= 4 is 11.9 Å². The molecule has 0 bridgehead atoms. The molecule has 0 heterocycles. The molecule has 0 amide bonds. The summed E-state index contributed by atoms with van der Waals surface area (Å²) in [4.78, 5) is 25.3. The zero-order valence-electron chi connectivity index (χ0n) is 16.0. The summed E-state index contributed by atoms with van der Waals surface area (Å²) in [6.07, 6.45) is -0.0895. The van der Waals surface area contributed by atoms with Gasteiger partial charge in [0.1, 0.15) is 0 Å². The van der Waals surface area contributed by atoms with Crippen LogP contribution in [-0.2, 0) is 19.1 Å². The lowest BCUT2D eigenvalue weighted by Gasteiger charge is -2.24. The molecule has 0 atom stereocenters. The average Bonchev–Trinajstić information content (AvgIpc) is 2.73. The van der Waals surface area contributed by atoms with Gasteiger partial charge in [0.25, 0.3) is 0 Å². The van der Waals surface area contributed by atoms with Crippen molar-refractivity contribution in [1.82, 2.24) is 0 Å². The van der Waals surface area contributed by atoms with Crippen LogP contribution in [0.15, 0.2) is 60.7 Å². The number of esters is 2. The van der Waals surface area contributed by atoms with Crippen LogP contribution in [0.4, 0.5) is 0 Å². The summed E-state index contributed by atoms with van der Waals surface area (Å²) in [6, 6.07) is 18.7. The summed E-state index contributed by atoms with van der Waals surface area (Å²) in [6.45, 7) is 1.83. The Bertz CT molecular complexity index is 850. The lowest BCUT2D eigenvalue weighted by molar-refractivity contribution is -0.169. The summed E-state index contributed by atoms with van der Waals surface area (Å²) in [5, 5.41) is 0. The standard InChI is InChI=1S/C24H22O4/c1-3-28-23(26)24(22(25)27-2,18-10-16-20-12-6-4-7-13-20)19-11-17-21-14-8-5-9-15-21/h4-9,12-15H,3,18-19H2,1-2H3. The first kappa shape index (κ1) is 20.8. The summed E-state index contributed by atoms with van der Waals surface area (Å²) in [7, 11) is 1.24. The molecule has 2 rings (SSSR count). The van der Waals surface area contributed by atoms with E-state index in [-0.39, 0.29) is 19.4 Å². The molecule has 0 radical (unpaired) electrons. The first-order chi connectivity index (χ1) is 13.6. The molecule has 0 aliphatic heterocycles. The van der Waals surface area contributed by atoms with Gasteiger partial charge in [-0.15, -0.1) is 0 Å². The normalized spacial score (nSPS) is 9.93. The van der Waals surface area contributed by atoms with E-state index in [1.807, 2.05) is 60.7 Å². The number of benzene rings is 2. The van der Waals surface area contributed by atoms with Crippen molar-refractivity contribution in [2.75, 3.05) is 13.7 Å². The maximum Gasteiger partial charge on any atom is 0.325 e. The molecule has 0 spiro atoms. The SMILES string of the molecule is CCOC(=O)C(CC#Cc1ccccc1)(CC#Cc1ccccc1)C(=O)OC. The molecule has 142 valence electrons. The van der Waals surface area contributed by atoms with Gasteiger partial charge in [0, 0.05) is 24.0 Å². The van der Waals surface area contributed by atoms with E-state index in [1.54, 1.807) is 6.92 Å². The Morgan fingerprint density at radius 2 is 1.29 bits per heavy atom. The number of rotatable bonds is 5. The van der Waals surface area contributed by atoms with Crippen molar-refractivity contribution in [3.05, 3.63) is 71.8 Å². The van der Waals surface area contributed by atoms with Crippen LogP contribution in [0, 0.1) is 29.1 Å². The predicted octanol–water partition coefficient (Wildman–Crippen LogP) is 3.59. The molecule has 2 aromatic rings. The molecule has 0 unspecified atom stereocenters. The Labute approximate surface area is 165 Å². The molecule has 4 heteroatoms. The fraction of sp³-hybridized carbons (Fsp3) is 0.250. The van der Waals surface area contributed by atoms with Gasteiger partial charge in [-0.25, -0.2) is 0 Å². The maximum atomic E-state index is 12.7. The molecular weight excluding hydrogens is 352 g/mol. The Morgan fingerprint density at radius 3 is 1.68 bits per heavy atom. The quantitative estimate of drug-likeness (QED) is 0.456. The van der Waals surface area contributed by atoms with Crippen LogP contribution in [0.25, 0.3) is 0 Å². The van der Waals surface area contributed by atoms with Gasteiger partial charge in [-0.05, 0) is 31.2 Å². The van der Waals surface area contributed by atoms with Gasteiger partial charge in [0.2, 0.25) is 0 Å². The lowest BCUT2D eigenvalue weighted by atomic mass is 9.81. The van der Waals surface area contributed by atoms with Crippen molar-refractivity contribution in [1.29, 1.82) is 0 Å². The summed E-state index contributed by atoms with van der Waals surface area (Å²) in [5.74, 6) is 10.4. The highest BCUT2D eigenvalue weighted by molar-refractivity contribution is 6.00. The highest BCUT2D eigenvalue weighted by Crippen LogP contribution is 2.30. The van der Waals surface area contributed by atoms with Crippen molar-refractivity contribution in [3.8, 4) is 23.7 Å². The fourth-order valence-electron chi connectivity index (χ4n) is 2.54. The minimum atomic E-state index is -1.59. The van der Waals surface area contributed by atoms with E-state index in [4.69, 9.17) is 9.47 Å². The van der Waals surface area contributed by atoms with Gasteiger partial charge < -0.3 is 9.47 Å². The van der Waals surface area contributed by atoms with Crippen molar-refractivity contribution in [2.24, 2.45) is 5.41 Å². The first-order valence-electron chi connectivity index (χ1n) is 8.96. The van der Waals surface area contributed by atoms with Crippen LogP contribution in [0.2, 0.25) is 0 Å². The molecule has 28 heavy (non-hydrogen) atoms. The predicted molar refractivity (Wildman–Crippen MR) is 107 cm³/mol. The summed E-state index contributed by atoms with van der Waals surface area (Å²) >= 11 is 0. The third-order valence-electron chi connectivity index (χ3n) is 4.04. The smallest absolute Gasteiger partial charge is 0.325 e. The monoisotopic (exact) mass is 374 g/mol. The van der Waals surface area contributed by atoms with Gasteiger partial charge in [-0.1, -0.05) is 60.1 Å². The molecule has 0 N–H and O–H groups in total. The van der Waals surface area contributed by atoms with Gasteiger partial charge in [0.15, 0.2) is 5.41 Å². The first-order valence-corrected chi connectivity index (χ1v) is 8.96. The second-order valence-electron chi connectivity index (χ2n) is 5.98. The summed E-state index contributed by atoms with van der Waals surface area (Å²) < 4.78 is 10.1. The number of carbonyl (C=O) groups is 2. The number of hydrogen-bond donors (Lipinski definition) is 0. The highest BCUT2D eigenvalue weighted by Gasteiger charge is 2.47. The summed E-state index contributed by atoms with van der Waals surface area (Å²) in [5.41, 5.74) is -0.00472. The Morgan fingerprint density at radius 1 is 0.821 bits per heavy atom. The third-order valence-corrected chi connectivity index (χ3v) is 4.04. The topological polar surface area (TPSA) is 52.6 Å². The Kier molecular flexibility index (Phi) is 7.88. The second kappa shape index (κ2) is 10.6. The van der Waals surface area contributed by atoms with Gasteiger partial charge in [-0.3, -0.25) is 9.59 Å². The van der Waals surface area contributed by atoms with E-state index >= 15 is 0 Å². The van der Waals surface area contributed by atoms with Crippen molar-refractivity contribution in [3.63, 3.8) is 0 Å². The number of methoxy groups -OCH3 is 1. The molecular formula is C24H22O4. The van der Waals surface area contributed by atoms with Crippen LogP contribution in [0.3, 0.4) is 0 Å². The van der Waals surface area contributed by atoms with Crippen LogP contribution >= 0.6 is 0 Å². The Hall–Kier alpha value is -3.50. The fourth-order valence-corrected chi connectivity index (χ4v) is 2.54. The van der Waals surface area contributed by atoms with Crippen molar-refractivity contribution < 1.29 is 19.1 Å². The number of hydrogen-bond acceptors (Lipinski definition) is 4. The average molecular weight is 374 g/mol. The third kappa shape index (κ3) is 5.50. The van der Waals surface area contributed by atoms with Gasteiger partial charge >= 0.3 is 11.9 Å². The van der Waals surface area contributed by atoms with E-state index in [1.165, 1.54) is 7.11 Å².